The zero-order chi connectivity index (χ0) is 25.5. The van der Waals surface area contributed by atoms with Crippen LogP contribution in [0.5, 0.6) is 0 Å². The third-order valence-electron chi connectivity index (χ3n) is 7.52. The number of benzene rings is 3. The average molecular weight is 491 g/mol. The molecule has 0 saturated heterocycles. The summed E-state index contributed by atoms with van der Waals surface area (Å²) in [5.41, 5.74) is 13.3. The third kappa shape index (κ3) is 4.34. The van der Waals surface area contributed by atoms with Crippen LogP contribution in [-0.4, -0.2) is 32.7 Å². The lowest BCUT2D eigenvalue weighted by atomic mass is 9.92. The molecule has 0 atom stereocenters. The summed E-state index contributed by atoms with van der Waals surface area (Å²) in [6.45, 7) is 2.13. The zero-order valence-electron chi connectivity index (χ0n) is 20.8. The summed E-state index contributed by atoms with van der Waals surface area (Å²) >= 11 is 0. The number of carbonyl (C=O) groups is 1. The van der Waals surface area contributed by atoms with Crippen molar-refractivity contribution in [3.05, 3.63) is 90.3 Å². The molecule has 6 heteroatoms. The highest BCUT2D eigenvalue weighted by atomic mass is 16.3. The van der Waals surface area contributed by atoms with E-state index in [1.54, 1.807) is 6.07 Å². The molecule has 2 aromatic heterocycles. The molecule has 1 amide bonds. The van der Waals surface area contributed by atoms with Crippen molar-refractivity contribution in [2.45, 2.75) is 44.8 Å². The van der Waals surface area contributed by atoms with Gasteiger partial charge in [0.05, 0.1) is 22.7 Å². The van der Waals surface area contributed by atoms with E-state index in [1.165, 1.54) is 5.39 Å². The van der Waals surface area contributed by atoms with Gasteiger partial charge >= 0.3 is 0 Å². The van der Waals surface area contributed by atoms with Crippen LogP contribution in [0.15, 0.2) is 79.1 Å². The van der Waals surface area contributed by atoms with Gasteiger partial charge in [0.15, 0.2) is 0 Å². The maximum atomic E-state index is 12.2. The molecule has 0 bridgehead atoms. The van der Waals surface area contributed by atoms with Gasteiger partial charge in [-0.1, -0.05) is 30.3 Å². The number of anilines is 1. The average Bonchev–Trinajstić information content (AvgIpc) is 3.26. The van der Waals surface area contributed by atoms with Gasteiger partial charge < -0.3 is 20.7 Å². The number of nitrogens with two attached hydrogens (primary N) is 1. The Bertz CT molecular complexity index is 1630. The first kappa shape index (κ1) is 23.3. The van der Waals surface area contributed by atoms with E-state index in [9.17, 15) is 9.90 Å². The molecule has 1 fully saturated rings. The number of nitrogens with one attached hydrogen (secondary N) is 1. The number of carbonyl (C=O) groups excluding carboxylic acids is 1. The minimum Gasteiger partial charge on any atom is -0.393 e. The highest BCUT2D eigenvalue weighted by Crippen LogP contribution is 2.35. The predicted octanol–water partition coefficient (Wildman–Crippen LogP) is 5.97. The van der Waals surface area contributed by atoms with Crippen LogP contribution in [0.1, 0.15) is 41.6 Å². The van der Waals surface area contributed by atoms with Gasteiger partial charge in [-0.15, -0.1) is 0 Å². The predicted molar refractivity (Wildman–Crippen MR) is 149 cm³/mol. The number of amides is 1. The number of aliphatic hydroxyl groups excluding tert-OH is 1. The maximum absolute atomic E-state index is 12.2. The Kier molecular flexibility index (Phi) is 5.89. The van der Waals surface area contributed by atoms with Crippen molar-refractivity contribution in [3.8, 4) is 16.8 Å². The van der Waals surface area contributed by atoms with Crippen LogP contribution in [0.2, 0.25) is 0 Å². The van der Waals surface area contributed by atoms with Crippen molar-refractivity contribution < 1.29 is 9.90 Å². The number of hydrogen-bond donors (Lipinski definition) is 3. The lowest BCUT2D eigenvalue weighted by Crippen LogP contribution is -2.29. The lowest BCUT2D eigenvalue weighted by molar-refractivity contribution is 0.100. The molecular formula is C31H30N4O2. The molecule has 0 unspecified atom stereocenters. The topological polar surface area (TPSA) is 93.2 Å². The van der Waals surface area contributed by atoms with E-state index >= 15 is 0 Å². The fourth-order valence-corrected chi connectivity index (χ4v) is 5.61. The smallest absolute Gasteiger partial charge is 0.250 e. The Morgan fingerprint density at radius 3 is 2.65 bits per heavy atom. The molecular weight excluding hydrogens is 460 g/mol. The molecule has 0 spiro atoms. The Morgan fingerprint density at radius 2 is 1.84 bits per heavy atom. The van der Waals surface area contributed by atoms with Crippen LogP contribution in [0, 0.1) is 6.92 Å². The Morgan fingerprint density at radius 1 is 1.03 bits per heavy atom. The van der Waals surface area contributed by atoms with E-state index in [-0.39, 0.29) is 12.1 Å². The number of hydrogen-bond acceptors (Lipinski definition) is 4. The number of primary amides is 1. The van der Waals surface area contributed by atoms with Crippen molar-refractivity contribution >= 4 is 33.4 Å². The van der Waals surface area contributed by atoms with Crippen molar-refractivity contribution in [1.29, 1.82) is 0 Å². The number of para-hydroxylation sites is 1. The lowest BCUT2D eigenvalue weighted by Gasteiger charge is -2.28. The van der Waals surface area contributed by atoms with Crippen LogP contribution >= 0.6 is 0 Å². The molecule has 2 heterocycles. The minimum atomic E-state index is -0.454. The van der Waals surface area contributed by atoms with E-state index in [0.29, 0.717) is 5.56 Å². The van der Waals surface area contributed by atoms with Gasteiger partial charge in [0.25, 0.3) is 5.91 Å². The number of aliphatic hydroxyl groups is 1. The summed E-state index contributed by atoms with van der Waals surface area (Å²) in [6.07, 6.45) is 7.09. The molecule has 3 aromatic carbocycles. The first-order valence-corrected chi connectivity index (χ1v) is 12.8. The van der Waals surface area contributed by atoms with Crippen LogP contribution < -0.4 is 11.1 Å². The van der Waals surface area contributed by atoms with Gasteiger partial charge in [-0.05, 0) is 80.1 Å². The highest BCUT2D eigenvalue weighted by Gasteiger charge is 2.21. The largest absolute Gasteiger partial charge is 0.393 e. The Balaban J connectivity index is 1.43. The van der Waals surface area contributed by atoms with Gasteiger partial charge in [-0.25, -0.2) is 0 Å². The molecule has 186 valence electrons. The number of pyridine rings is 1. The van der Waals surface area contributed by atoms with Crippen molar-refractivity contribution in [3.63, 3.8) is 0 Å². The van der Waals surface area contributed by atoms with Gasteiger partial charge in [0, 0.05) is 46.1 Å². The molecule has 1 saturated carbocycles. The standard InChI is InChI=1S/C31H30N4O2/c1-19-18-35(23-11-14-26(31(32)37)28(16-23)34-22-9-12-24(36)13-10-22)29-8-4-6-25(30(19)29)21-15-20-5-2-3-7-27(20)33-17-21/h2-8,11,14-18,22,24,34,36H,9-10,12-13H2,1H3,(H2,32,37)/t22-,24-. The fourth-order valence-electron chi connectivity index (χ4n) is 5.61. The van der Waals surface area contributed by atoms with Crippen molar-refractivity contribution in [2.75, 3.05) is 5.32 Å². The quantitative estimate of drug-likeness (QED) is 0.283. The number of aryl methyl sites for hydroxylation is 1. The van der Waals surface area contributed by atoms with Crippen LogP contribution in [0.25, 0.3) is 38.6 Å². The molecule has 0 aliphatic heterocycles. The summed E-state index contributed by atoms with van der Waals surface area (Å²) in [7, 11) is 0. The number of rotatable bonds is 5. The van der Waals surface area contributed by atoms with E-state index in [2.05, 4.69) is 58.3 Å². The molecule has 6 nitrogen and oxygen atoms in total. The first-order chi connectivity index (χ1) is 18.0. The highest BCUT2D eigenvalue weighted by molar-refractivity contribution is 6.01. The molecule has 37 heavy (non-hydrogen) atoms. The molecule has 0 radical (unpaired) electrons. The summed E-state index contributed by atoms with van der Waals surface area (Å²) in [5, 5.41) is 15.7. The Labute approximate surface area is 215 Å². The van der Waals surface area contributed by atoms with Crippen LogP contribution in [-0.2, 0) is 0 Å². The van der Waals surface area contributed by atoms with E-state index in [1.807, 2.05) is 36.5 Å². The van der Waals surface area contributed by atoms with E-state index in [0.717, 1.165) is 70.2 Å². The zero-order valence-corrected chi connectivity index (χ0v) is 20.8. The van der Waals surface area contributed by atoms with Gasteiger partial charge in [-0.2, -0.15) is 0 Å². The number of fused-ring (bicyclic) bond motifs is 2. The summed E-state index contributed by atoms with van der Waals surface area (Å²) in [4.78, 5) is 16.9. The minimum absolute atomic E-state index is 0.201. The molecule has 1 aliphatic rings. The second kappa shape index (κ2) is 9.37. The second-order valence-electron chi connectivity index (χ2n) is 10.0. The molecule has 6 rings (SSSR count). The SMILES string of the molecule is Cc1cn(-c2ccc(C(N)=O)c(N[C@H]3CC[C@H](O)CC3)c2)c2cccc(-c3cnc4ccccc4c3)c12. The molecule has 4 N–H and O–H groups in total. The van der Waals surface area contributed by atoms with Crippen molar-refractivity contribution in [2.24, 2.45) is 5.73 Å². The summed E-state index contributed by atoms with van der Waals surface area (Å²) in [5.74, 6) is -0.454. The molecule has 5 aromatic rings. The monoisotopic (exact) mass is 490 g/mol. The van der Waals surface area contributed by atoms with Gasteiger partial charge in [0.2, 0.25) is 0 Å². The summed E-state index contributed by atoms with van der Waals surface area (Å²) < 4.78 is 2.17. The normalized spacial score (nSPS) is 17.8. The maximum Gasteiger partial charge on any atom is 0.250 e. The number of aromatic nitrogens is 2. The first-order valence-electron chi connectivity index (χ1n) is 12.8. The third-order valence-corrected chi connectivity index (χ3v) is 7.52. The Hall–Kier alpha value is -4.16. The van der Waals surface area contributed by atoms with E-state index in [4.69, 9.17) is 5.73 Å². The van der Waals surface area contributed by atoms with Crippen molar-refractivity contribution in [1.82, 2.24) is 9.55 Å². The van der Waals surface area contributed by atoms with Crippen LogP contribution in [0.4, 0.5) is 5.69 Å². The molecule has 1 aliphatic carbocycles. The summed E-state index contributed by atoms with van der Waals surface area (Å²) in [6, 6.07) is 22.6. The number of nitrogens with zero attached hydrogens (tertiary/aromatic N) is 2. The van der Waals surface area contributed by atoms with Gasteiger partial charge in [-0.3, -0.25) is 9.78 Å². The van der Waals surface area contributed by atoms with Gasteiger partial charge in [0.1, 0.15) is 0 Å². The fraction of sp³-hybridized carbons (Fsp3) is 0.226. The second-order valence-corrected chi connectivity index (χ2v) is 10.0. The van der Waals surface area contributed by atoms with E-state index < -0.39 is 5.91 Å². The van der Waals surface area contributed by atoms with Crippen LogP contribution in [0.3, 0.4) is 0 Å².